The van der Waals surface area contributed by atoms with Gasteiger partial charge in [-0.25, -0.2) is 4.98 Å². The Hall–Kier alpha value is -0.580. The summed E-state index contributed by atoms with van der Waals surface area (Å²) in [6.07, 6.45) is 0.999. The summed E-state index contributed by atoms with van der Waals surface area (Å²) in [6, 6.07) is 6.13. The molecule has 0 aliphatic carbocycles. The summed E-state index contributed by atoms with van der Waals surface area (Å²) < 4.78 is 8.48. The molecule has 0 aliphatic heterocycles. The van der Waals surface area contributed by atoms with Gasteiger partial charge < -0.3 is 9.30 Å². The van der Waals surface area contributed by atoms with Crippen LogP contribution in [0.3, 0.4) is 0 Å². The van der Waals surface area contributed by atoms with Gasteiger partial charge in [0.05, 0.1) is 16.9 Å². The highest BCUT2D eigenvalue weighted by molar-refractivity contribution is 9.10. The lowest BCUT2D eigenvalue weighted by molar-refractivity contribution is 0.143. The van der Waals surface area contributed by atoms with Gasteiger partial charge in [-0.15, -0.1) is 11.6 Å². The van der Waals surface area contributed by atoms with Crippen LogP contribution in [-0.4, -0.2) is 23.3 Å². The van der Waals surface area contributed by atoms with Crippen LogP contribution in [0.15, 0.2) is 22.7 Å². The Balaban J connectivity index is 2.38. The Labute approximate surface area is 133 Å². The van der Waals surface area contributed by atoms with Crippen LogP contribution in [0.5, 0.6) is 0 Å². The number of hydrogen-bond acceptors (Lipinski definition) is 2. The van der Waals surface area contributed by atoms with Gasteiger partial charge in [-0.3, -0.25) is 0 Å². The van der Waals surface area contributed by atoms with E-state index in [1.807, 2.05) is 12.1 Å². The number of ether oxygens (including phenoxy) is 1. The molecule has 1 aromatic heterocycles. The van der Waals surface area contributed by atoms with Crippen LogP contribution in [0.4, 0.5) is 0 Å². The molecule has 1 aromatic carbocycles. The first-order valence-electron chi connectivity index (χ1n) is 6.66. The molecule has 20 heavy (non-hydrogen) atoms. The first-order chi connectivity index (χ1) is 9.46. The molecule has 0 aliphatic rings. The minimum Gasteiger partial charge on any atom is -0.385 e. The molecule has 1 heterocycles. The van der Waals surface area contributed by atoms with Crippen molar-refractivity contribution in [3.05, 3.63) is 28.5 Å². The minimum atomic E-state index is 0.132. The Morgan fingerprint density at radius 2 is 2.15 bits per heavy atom. The van der Waals surface area contributed by atoms with Crippen molar-refractivity contribution in [2.45, 2.75) is 32.7 Å². The highest BCUT2D eigenvalue weighted by Crippen LogP contribution is 2.28. The number of rotatable bonds is 6. The fourth-order valence-corrected chi connectivity index (χ4v) is 2.86. The topological polar surface area (TPSA) is 27.1 Å². The van der Waals surface area contributed by atoms with Crippen molar-refractivity contribution < 1.29 is 4.74 Å². The molecule has 2 rings (SSSR count). The number of alkyl halides is 1. The number of fused-ring (bicyclic) bond motifs is 1. The summed E-state index contributed by atoms with van der Waals surface area (Å²) in [5, 5.41) is 0. The predicted octanol–water partition coefficient (Wildman–Crippen LogP) is 4.60. The van der Waals surface area contributed by atoms with Gasteiger partial charge in [0.15, 0.2) is 0 Å². The second-order valence-electron chi connectivity index (χ2n) is 5.79. The van der Waals surface area contributed by atoms with Crippen molar-refractivity contribution in [2.75, 3.05) is 13.7 Å². The van der Waals surface area contributed by atoms with Crippen LogP contribution in [0.2, 0.25) is 0 Å². The number of halogens is 2. The van der Waals surface area contributed by atoms with E-state index in [1.54, 1.807) is 7.11 Å². The molecule has 110 valence electrons. The summed E-state index contributed by atoms with van der Waals surface area (Å²) in [5.41, 5.74) is 2.25. The molecule has 3 nitrogen and oxygen atoms in total. The quantitative estimate of drug-likeness (QED) is 0.705. The van der Waals surface area contributed by atoms with Crippen molar-refractivity contribution in [3.63, 3.8) is 0 Å². The largest absolute Gasteiger partial charge is 0.385 e. The predicted molar refractivity (Wildman–Crippen MR) is 87.3 cm³/mol. The average molecular weight is 360 g/mol. The van der Waals surface area contributed by atoms with Crippen molar-refractivity contribution in [2.24, 2.45) is 5.41 Å². The van der Waals surface area contributed by atoms with Gasteiger partial charge in [0.1, 0.15) is 5.82 Å². The van der Waals surface area contributed by atoms with Gasteiger partial charge in [0, 0.05) is 24.7 Å². The van der Waals surface area contributed by atoms with Crippen LogP contribution in [-0.2, 0) is 17.2 Å². The van der Waals surface area contributed by atoms with Crippen molar-refractivity contribution >= 4 is 38.6 Å². The fourth-order valence-electron chi connectivity index (χ4n) is 2.31. The monoisotopic (exact) mass is 358 g/mol. The van der Waals surface area contributed by atoms with Gasteiger partial charge in [0.2, 0.25) is 0 Å². The fraction of sp³-hybridized carbons (Fsp3) is 0.533. The van der Waals surface area contributed by atoms with E-state index < -0.39 is 0 Å². The Bertz CT molecular complexity index is 595. The highest BCUT2D eigenvalue weighted by Gasteiger charge is 2.21. The molecular formula is C15H20BrClN2O. The molecule has 0 spiro atoms. The summed E-state index contributed by atoms with van der Waals surface area (Å²) in [5.74, 6) is 1.34. The molecule has 0 amide bonds. The Kier molecular flexibility index (Phi) is 5.10. The normalized spacial score (nSPS) is 12.2. The van der Waals surface area contributed by atoms with Gasteiger partial charge in [-0.2, -0.15) is 0 Å². The number of hydrogen-bond donors (Lipinski definition) is 0. The maximum atomic E-state index is 6.06. The van der Waals surface area contributed by atoms with Crippen LogP contribution in [0, 0.1) is 5.41 Å². The third kappa shape index (κ3) is 3.54. The molecular weight excluding hydrogens is 340 g/mol. The van der Waals surface area contributed by atoms with E-state index in [-0.39, 0.29) is 5.41 Å². The lowest BCUT2D eigenvalue weighted by atomic mass is 9.89. The number of methoxy groups -OCH3 is 1. The van der Waals surface area contributed by atoms with E-state index >= 15 is 0 Å². The maximum absolute atomic E-state index is 6.06. The molecule has 5 heteroatoms. The smallest absolute Gasteiger partial charge is 0.124 e. The van der Waals surface area contributed by atoms with Crippen LogP contribution in [0.1, 0.15) is 26.1 Å². The second kappa shape index (κ2) is 6.46. The summed E-state index contributed by atoms with van der Waals surface area (Å²) >= 11 is 9.58. The van der Waals surface area contributed by atoms with E-state index in [0.717, 1.165) is 40.9 Å². The van der Waals surface area contributed by atoms with Gasteiger partial charge in [0.25, 0.3) is 0 Å². The van der Waals surface area contributed by atoms with E-state index in [2.05, 4.69) is 45.4 Å². The standard InChI is InChI=1S/C15H20BrClN2O/c1-15(2,6-7-20-3)10-19-13-8-11(16)4-5-12(13)18-14(19)9-17/h4-5,8H,6-7,9-10H2,1-3H3. The first-order valence-corrected chi connectivity index (χ1v) is 7.99. The zero-order valence-corrected chi connectivity index (χ0v) is 14.5. The van der Waals surface area contributed by atoms with E-state index in [4.69, 9.17) is 16.3 Å². The molecule has 0 radical (unpaired) electrons. The number of nitrogens with zero attached hydrogens (tertiary/aromatic N) is 2. The van der Waals surface area contributed by atoms with Crippen molar-refractivity contribution in [1.29, 1.82) is 0 Å². The molecule has 0 bridgehead atoms. The summed E-state index contributed by atoms with van der Waals surface area (Å²) in [6.45, 7) is 6.13. The number of imidazole rings is 1. The Morgan fingerprint density at radius 1 is 1.40 bits per heavy atom. The molecule has 0 unspecified atom stereocenters. The number of benzene rings is 1. The molecule has 0 atom stereocenters. The van der Waals surface area contributed by atoms with Crippen LogP contribution >= 0.6 is 27.5 Å². The van der Waals surface area contributed by atoms with E-state index in [0.29, 0.717) is 5.88 Å². The third-order valence-corrected chi connectivity index (χ3v) is 4.21. The zero-order chi connectivity index (χ0) is 14.8. The molecule has 0 saturated heterocycles. The second-order valence-corrected chi connectivity index (χ2v) is 6.97. The maximum Gasteiger partial charge on any atom is 0.124 e. The Morgan fingerprint density at radius 3 is 2.80 bits per heavy atom. The van der Waals surface area contributed by atoms with Crippen molar-refractivity contribution in [1.82, 2.24) is 9.55 Å². The van der Waals surface area contributed by atoms with Gasteiger partial charge in [-0.1, -0.05) is 29.8 Å². The average Bonchev–Trinajstić information content (AvgIpc) is 2.73. The number of aromatic nitrogens is 2. The molecule has 0 fully saturated rings. The zero-order valence-electron chi connectivity index (χ0n) is 12.1. The summed E-state index contributed by atoms with van der Waals surface area (Å²) in [7, 11) is 1.74. The third-order valence-electron chi connectivity index (χ3n) is 3.48. The minimum absolute atomic E-state index is 0.132. The highest BCUT2D eigenvalue weighted by atomic mass is 79.9. The van der Waals surface area contributed by atoms with Crippen LogP contribution < -0.4 is 0 Å². The van der Waals surface area contributed by atoms with E-state index in [1.165, 1.54) is 0 Å². The van der Waals surface area contributed by atoms with Crippen LogP contribution in [0.25, 0.3) is 11.0 Å². The van der Waals surface area contributed by atoms with Gasteiger partial charge in [-0.05, 0) is 30.0 Å². The lowest BCUT2D eigenvalue weighted by Crippen LogP contribution is -2.22. The SMILES string of the molecule is COCCC(C)(C)Cn1c(CCl)nc2ccc(Br)cc21. The van der Waals surface area contributed by atoms with Gasteiger partial charge >= 0.3 is 0 Å². The molecule has 2 aromatic rings. The lowest BCUT2D eigenvalue weighted by Gasteiger charge is -2.26. The molecule has 0 saturated carbocycles. The van der Waals surface area contributed by atoms with E-state index in [9.17, 15) is 0 Å². The first kappa shape index (κ1) is 15.8. The molecule has 0 N–H and O–H groups in total. The summed E-state index contributed by atoms with van der Waals surface area (Å²) in [4.78, 5) is 4.62. The van der Waals surface area contributed by atoms with Crippen molar-refractivity contribution in [3.8, 4) is 0 Å².